The van der Waals surface area contributed by atoms with Crippen LogP contribution in [0.5, 0.6) is 11.5 Å². The normalized spacial score (nSPS) is 11.4. The van der Waals surface area contributed by atoms with E-state index in [1.165, 1.54) is 12.1 Å². The fourth-order valence-corrected chi connectivity index (χ4v) is 1.59. The Morgan fingerprint density at radius 2 is 2.10 bits per heavy atom. The molecule has 0 unspecified atom stereocenters. The summed E-state index contributed by atoms with van der Waals surface area (Å²) in [4.78, 5) is 10.6. The van der Waals surface area contributed by atoms with Gasteiger partial charge in [0.25, 0.3) is 5.91 Å². The van der Waals surface area contributed by atoms with Gasteiger partial charge < -0.3 is 15.6 Å². The van der Waals surface area contributed by atoms with Crippen LogP contribution in [-0.2, 0) is 11.0 Å². The number of amides is 1. The number of hydrogen-bond donors (Lipinski definition) is 3. The first-order chi connectivity index (χ1) is 9.77. The first-order valence-electron chi connectivity index (χ1n) is 5.64. The van der Waals surface area contributed by atoms with Crippen molar-refractivity contribution in [1.82, 2.24) is 10.2 Å². The summed E-state index contributed by atoms with van der Waals surface area (Å²) in [5.41, 5.74) is 3.92. The van der Waals surface area contributed by atoms with Gasteiger partial charge in [-0.05, 0) is 18.2 Å². The topological polar surface area (TPSA) is 101 Å². The first-order valence-corrected chi connectivity index (χ1v) is 5.64. The Balaban J connectivity index is 2.25. The molecule has 112 valence electrons. The second kappa shape index (κ2) is 5.35. The zero-order valence-corrected chi connectivity index (χ0v) is 10.4. The van der Waals surface area contributed by atoms with E-state index in [1.807, 2.05) is 0 Å². The lowest BCUT2D eigenvalue weighted by Crippen LogP contribution is -2.19. The van der Waals surface area contributed by atoms with Crippen molar-refractivity contribution in [1.29, 1.82) is 0 Å². The zero-order chi connectivity index (χ0) is 15.6. The molecule has 0 bridgehead atoms. The molecule has 0 spiro atoms. The Kier molecular flexibility index (Phi) is 3.74. The number of phenolic OH excluding ortho intramolecular Hbond substituents is 1. The van der Waals surface area contributed by atoms with Crippen molar-refractivity contribution < 1.29 is 27.8 Å². The summed E-state index contributed by atoms with van der Waals surface area (Å²) in [6.45, 7) is -0.374. The number of carbonyl (C=O) groups excluding carboxylic acids is 1. The van der Waals surface area contributed by atoms with Crippen LogP contribution in [0.3, 0.4) is 0 Å². The summed E-state index contributed by atoms with van der Waals surface area (Å²) in [6, 6.07) is 4.65. The molecule has 4 N–H and O–H groups in total. The molecule has 0 fully saturated rings. The third kappa shape index (κ3) is 3.44. The maximum atomic E-state index is 12.4. The van der Waals surface area contributed by atoms with Crippen LogP contribution in [0.1, 0.15) is 5.69 Å². The number of hydrogen-bond acceptors (Lipinski definition) is 4. The first kappa shape index (κ1) is 14.7. The van der Waals surface area contributed by atoms with Crippen LogP contribution >= 0.6 is 0 Å². The number of phenols is 1. The van der Waals surface area contributed by atoms with E-state index in [2.05, 4.69) is 10.2 Å². The van der Waals surface area contributed by atoms with Gasteiger partial charge in [0.15, 0.2) is 12.3 Å². The summed E-state index contributed by atoms with van der Waals surface area (Å²) in [7, 11) is 0. The average Bonchev–Trinajstić information content (AvgIpc) is 2.85. The van der Waals surface area contributed by atoms with E-state index in [0.717, 1.165) is 12.1 Å². The van der Waals surface area contributed by atoms with Gasteiger partial charge in [-0.1, -0.05) is 0 Å². The van der Waals surface area contributed by atoms with Gasteiger partial charge in [0.05, 0.1) is 5.69 Å². The van der Waals surface area contributed by atoms with Crippen molar-refractivity contribution in [2.45, 2.75) is 6.18 Å². The summed E-state index contributed by atoms with van der Waals surface area (Å²) >= 11 is 0. The molecule has 1 aromatic heterocycles. The van der Waals surface area contributed by atoms with Crippen molar-refractivity contribution in [3.05, 3.63) is 30.0 Å². The van der Waals surface area contributed by atoms with E-state index in [9.17, 15) is 23.1 Å². The van der Waals surface area contributed by atoms with Gasteiger partial charge in [-0.3, -0.25) is 9.89 Å². The number of nitrogens with one attached hydrogen (secondary N) is 1. The number of aromatic hydroxyl groups is 1. The SMILES string of the molecule is NC(=O)COc1ccc(-c2cc(C(F)(F)F)n[nH]2)c(O)c1. The summed E-state index contributed by atoms with van der Waals surface area (Å²) in [6.07, 6.45) is -4.57. The largest absolute Gasteiger partial charge is 0.507 e. The lowest BCUT2D eigenvalue weighted by Gasteiger charge is -2.06. The molecule has 2 aromatic rings. The van der Waals surface area contributed by atoms with Crippen LogP contribution in [0.15, 0.2) is 24.3 Å². The van der Waals surface area contributed by atoms with Gasteiger partial charge >= 0.3 is 6.18 Å². The summed E-state index contributed by atoms with van der Waals surface area (Å²) in [5, 5.41) is 15.1. The van der Waals surface area contributed by atoms with Crippen molar-refractivity contribution >= 4 is 5.91 Å². The Bertz CT molecular complexity index is 667. The molecule has 0 atom stereocenters. The summed E-state index contributed by atoms with van der Waals surface area (Å²) < 4.78 is 42.3. The van der Waals surface area contributed by atoms with Crippen LogP contribution in [0, 0.1) is 0 Å². The average molecular weight is 301 g/mol. The van der Waals surface area contributed by atoms with Crippen molar-refractivity contribution in [3.63, 3.8) is 0 Å². The minimum Gasteiger partial charge on any atom is -0.507 e. The number of rotatable bonds is 4. The highest BCUT2D eigenvalue weighted by atomic mass is 19.4. The molecular weight excluding hydrogens is 291 g/mol. The molecule has 21 heavy (non-hydrogen) atoms. The third-order valence-electron chi connectivity index (χ3n) is 2.51. The lowest BCUT2D eigenvalue weighted by molar-refractivity contribution is -0.141. The Hall–Kier alpha value is -2.71. The number of nitrogens with two attached hydrogens (primary N) is 1. The molecule has 2 rings (SSSR count). The quantitative estimate of drug-likeness (QED) is 0.799. The molecule has 0 aliphatic rings. The molecular formula is C12H10F3N3O3. The van der Waals surface area contributed by atoms with Gasteiger partial charge in [-0.25, -0.2) is 0 Å². The Morgan fingerprint density at radius 1 is 1.38 bits per heavy atom. The molecule has 0 aliphatic carbocycles. The minimum absolute atomic E-state index is 0.00118. The standard InChI is InChI=1S/C12H10F3N3O3/c13-12(14,15)10-4-8(17-18-10)7-2-1-6(3-9(7)19)21-5-11(16)20/h1-4,19H,5H2,(H2,16,20)(H,17,18). The highest BCUT2D eigenvalue weighted by molar-refractivity contribution is 5.75. The monoisotopic (exact) mass is 301 g/mol. The molecule has 0 aliphatic heterocycles. The number of benzene rings is 1. The molecule has 1 aromatic carbocycles. The number of aromatic nitrogens is 2. The Labute approximate surface area is 116 Å². The lowest BCUT2D eigenvalue weighted by atomic mass is 10.1. The van der Waals surface area contributed by atoms with Crippen LogP contribution in [-0.4, -0.2) is 27.8 Å². The van der Waals surface area contributed by atoms with Crippen molar-refractivity contribution in [2.75, 3.05) is 6.61 Å². The van der Waals surface area contributed by atoms with E-state index < -0.39 is 17.8 Å². The zero-order valence-electron chi connectivity index (χ0n) is 10.4. The maximum absolute atomic E-state index is 12.4. The van der Waals surface area contributed by atoms with E-state index in [0.29, 0.717) is 0 Å². The Morgan fingerprint density at radius 3 is 2.62 bits per heavy atom. The van der Waals surface area contributed by atoms with E-state index in [1.54, 1.807) is 0 Å². The van der Waals surface area contributed by atoms with Gasteiger partial charge in [-0.15, -0.1) is 0 Å². The number of nitrogens with zero attached hydrogens (tertiary/aromatic N) is 1. The predicted molar refractivity (Wildman–Crippen MR) is 65.4 cm³/mol. The van der Waals surface area contributed by atoms with Crippen LogP contribution in [0.2, 0.25) is 0 Å². The predicted octanol–water partition coefficient (Wildman–Crippen LogP) is 1.67. The molecule has 0 radical (unpaired) electrons. The number of ether oxygens (including phenoxy) is 1. The van der Waals surface area contributed by atoms with E-state index in [4.69, 9.17) is 10.5 Å². The number of alkyl halides is 3. The van der Waals surface area contributed by atoms with Crippen LogP contribution in [0.25, 0.3) is 11.3 Å². The molecule has 6 nitrogen and oxygen atoms in total. The van der Waals surface area contributed by atoms with Gasteiger partial charge in [-0.2, -0.15) is 18.3 Å². The highest BCUT2D eigenvalue weighted by Gasteiger charge is 2.34. The second-order valence-electron chi connectivity index (χ2n) is 4.10. The molecule has 9 heteroatoms. The van der Waals surface area contributed by atoms with Crippen molar-refractivity contribution in [3.8, 4) is 22.8 Å². The van der Waals surface area contributed by atoms with E-state index in [-0.39, 0.29) is 29.4 Å². The number of carbonyl (C=O) groups is 1. The van der Waals surface area contributed by atoms with Gasteiger partial charge in [0.1, 0.15) is 11.5 Å². The third-order valence-corrected chi connectivity index (χ3v) is 2.51. The highest BCUT2D eigenvalue weighted by Crippen LogP contribution is 2.34. The molecule has 0 saturated heterocycles. The smallest absolute Gasteiger partial charge is 0.435 e. The molecule has 1 amide bonds. The van der Waals surface area contributed by atoms with E-state index >= 15 is 0 Å². The van der Waals surface area contributed by atoms with Crippen LogP contribution in [0.4, 0.5) is 13.2 Å². The summed E-state index contributed by atoms with van der Waals surface area (Å²) in [5.74, 6) is -0.859. The van der Waals surface area contributed by atoms with Crippen LogP contribution < -0.4 is 10.5 Å². The van der Waals surface area contributed by atoms with Gasteiger partial charge in [0, 0.05) is 11.6 Å². The number of aromatic amines is 1. The molecule has 0 saturated carbocycles. The van der Waals surface area contributed by atoms with Crippen molar-refractivity contribution in [2.24, 2.45) is 5.73 Å². The molecule has 1 heterocycles. The fraction of sp³-hybridized carbons (Fsp3) is 0.167. The van der Waals surface area contributed by atoms with Gasteiger partial charge in [0.2, 0.25) is 0 Å². The number of primary amides is 1. The number of H-pyrrole nitrogens is 1. The second-order valence-corrected chi connectivity index (χ2v) is 4.10. The number of halogens is 3. The fourth-order valence-electron chi connectivity index (χ4n) is 1.59. The minimum atomic E-state index is -4.57. The maximum Gasteiger partial charge on any atom is 0.435 e.